The van der Waals surface area contributed by atoms with Gasteiger partial charge in [-0.1, -0.05) is 26.0 Å². The topological polar surface area (TPSA) is 82.5 Å². The fourth-order valence-electron chi connectivity index (χ4n) is 4.05. The number of aromatic hydroxyl groups is 2. The van der Waals surface area contributed by atoms with Crippen molar-refractivity contribution in [2.24, 2.45) is 0 Å². The van der Waals surface area contributed by atoms with Crippen LogP contribution in [0.5, 0.6) is 17.2 Å². The van der Waals surface area contributed by atoms with Gasteiger partial charge >= 0.3 is 0 Å². The Morgan fingerprint density at radius 1 is 1.18 bits per heavy atom. The molecular weight excluding hydrogens is 420 g/mol. The van der Waals surface area contributed by atoms with E-state index in [2.05, 4.69) is 4.90 Å². The zero-order chi connectivity index (χ0) is 24.0. The highest BCUT2D eigenvalue weighted by Gasteiger charge is 2.21. The SMILES string of the molecule is Cc1cccc(OCCCN2CCOCC2)c1CN(C)C(=O)c1cc(C(C)C)c(O)cc1O. The maximum Gasteiger partial charge on any atom is 0.257 e. The smallest absolute Gasteiger partial charge is 0.257 e. The zero-order valence-electron chi connectivity index (χ0n) is 20.1. The Balaban J connectivity index is 1.67. The molecule has 7 nitrogen and oxygen atoms in total. The van der Waals surface area contributed by atoms with Crippen molar-refractivity contribution in [2.75, 3.05) is 46.5 Å². The number of morpholine rings is 1. The fraction of sp³-hybridized carbons (Fsp3) is 0.500. The monoisotopic (exact) mass is 456 g/mol. The molecule has 2 N–H and O–H groups in total. The fourth-order valence-corrected chi connectivity index (χ4v) is 4.05. The molecule has 2 aromatic carbocycles. The molecule has 1 aliphatic heterocycles. The van der Waals surface area contributed by atoms with E-state index in [1.165, 1.54) is 6.07 Å². The number of carbonyl (C=O) groups is 1. The molecule has 2 aromatic rings. The molecule has 0 unspecified atom stereocenters. The summed E-state index contributed by atoms with van der Waals surface area (Å²) in [6.45, 7) is 11.3. The minimum atomic E-state index is -0.309. The van der Waals surface area contributed by atoms with Crippen molar-refractivity contribution in [3.63, 3.8) is 0 Å². The molecule has 33 heavy (non-hydrogen) atoms. The molecule has 1 amide bonds. The van der Waals surface area contributed by atoms with Crippen LogP contribution in [0.4, 0.5) is 0 Å². The predicted octanol–water partition coefficient (Wildman–Crippen LogP) is 3.90. The number of phenolic OH excluding ortho intramolecular Hbond substituents is 2. The molecule has 0 aromatic heterocycles. The van der Waals surface area contributed by atoms with E-state index in [1.807, 2.05) is 39.0 Å². The Bertz CT molecular complexity index is 954. The maximum atomic E-state index is 13.1. The molecule has 3 rings (SSSR count). The second-order valence-corrected chi connectivity index (χ2v) is 8.95. The molecule has 0 spiro atoms. The minimum Gasteiger partial charge on any atom is -0.508 e. The molecule has 0 bridgehead atoms. The summed E-state index contributed by atoms with van der Waals surface area (Å²) < 4.78 is 11.5. The van der Waals surface area contributed by atoms with Crippen LogP contribution in [0.1, 0.15) is 53.2 Å². The van der Waals surface area contributed by atoms with Crippen molar-refractivity contribution < 1.29 is 24.5 Å². The van der Waals surface area contributed by atoms with Crippen molar-refractivity contribution in [3.05, 3.63) is 52.6 Å². The Hall–Kier alpha value is -2.77. The summed E-state index contributed by atoms with van der Waals surface area (Å²) in [4.78, 5) is 17.1. The van der Waals surface area contributed by atoms with Gasteiger partial charge in [-0.3, -0.25) is 9.69 Å². The van der Waals surface area contributed by atoms with Crippen LogP contribution in [0.3, 0.4) is 0 Å². The molecule has 1 heterocycles. The zero-order valence-corrected chi connectivity index (χ0v) is 20.1. The average molecular weight is 457 g/mol. The molecule has 0 aliphatic carbocycles. The van der Waals surface area contributed by atoms with Crippen molar-refractivity contribution in [1.29, 1.82) is 0 Å². The quantitative estimate of drug-likeness (QED) is 0.557. The van der Waals surface area contributed by atoms with Gasteiger partial charge in [0.05, 0.1) is 25.4 Å². The first kappa shape index (κ1) is 24.9. The van der Waals surface area contributed by atoms with E-state index >= 15 is 0 Å². The number of benzene rings is 2. The summed E-state index contributed by atoms with van der Waals surface area (Å²) in [5, 5.41) is 20.4. The highest BCUT2D eigenvalue weighted by Crippen LogP contribution is 2.33. The highest BCUT2D eigenvalue weighted by molar-refractivity contribution is 5.97. The Labute approximate surface area is 196 Å². The van der Waals surface area contributed by atoms with Gasteiger partial charge in [-0.15, -0.1) is 0 Å². The van der Waals surface area contributed by atoms with Crippen molar-refractivity contribution in [2.45, 2.75) is 39.7 Å². The van der Waals surface area contributed by atoms with E-state index in [9.17, 15) is 15.0 Å². The van der Waals surface area contributed by atoms with Crippen LogP contribution in [0.15, 0.2) is 30.3 Å². The van der Waals surface area contributed by atoms with E-state index in [1.54, 1.807) is 18.0 Å². The van der Waals surface area contributed by atoms with Crippen LogP contribution in [-0.2, 0) is 11.3 Å². The van der Waals surface area contributed by atoms with Crippen LogP contribution >= 0.6 is 0 Å². The molecule has 7 heteroatoms. The first-order valence-electron chi connectivity index (χ1n) is 11.6. The first-order valence-corrected chi connectivity index (χ1v) is 11.6. The van der Waals surface area contributed by atoms with Gasteiger partial charge in [0.1, 0.15) is 17.2 Å². The third kappa shape index (κ3) is 6.39. The Morgan fingerprint density at radius 2 is 1.91 bits per heavy atom. The van der Waals surface area contributed by atoms with Crippen LogP contribution in [0.2, 0.25) is 0 Å². The second kappa shape index (κ2) is 11.4. The molecule has 1 saturated heterocycles. The van der Waals surface area contributed by atoms with E-state index in [4.69, 9.17) is 9.47 Å². The molecule has 1 fully saturated rings. The Kier molecular flexibility index (Phi) is 8.58. The highest BCUT2D eigenvalue weighted by atomic mass is 16.5. The molecule has 0 saturated carbocycles. The lowest BCUT2D eigenvalue weighted by Crippen LogP contribution is -2.37. The number of hydrogen-bond donors (Lipinski definition) is 2. The summed E-state index contributed by atoms with van der Waals surface area (Å²) in [5.74, 6) is 0.258. The van der Waals surface area contributed by atoms with Crippen LogP contribution < -0.4 is 4.74 Å². The summed E-state index contributed by atoms with van der Waals surface area (Å²) in [7, 11) is 1.71. The Morgan fingerprint density at radius 3 is 2.61 bits per heavy atom. The summed E-state index contributed by atoms with van der Waals surface area (Å²) in [6.07, 6.45) is 0.918. The van der Waals surface area contributed by atoms with E-state index in [0.29, 0.717) is 18.7 Å². The molecule has 0 atom stereocenters. The number of ether oxygens (including phenoxy) is 2. The van der Waals surface area contributed by atoms with Crippen molar-refractivity contribution in [1.82, 2.24) is 9.80 Å². The molecule has 180 valence electrons. The lowest BCUT2D eigenvalue weighted by atomic mass is 9.98. The van der Waals surface area contributed by atoms with Crippen molar-refractivity contribution >= 4 is 5.91 Å². The third-order valence-corrected chi connectivity index (χ3v) is 6.09. The molecule has 0 radical (unpaired) electrons. The molecular formula is C26H36N2O5. The van der Waals surface area contributed by atoms with Gasteiger partial charge in [-0.05, 0) is 42.5 Å². The van der Waals surface area contributed by atoms with E-state index in [-0.39, 0.29) is 28.9 Å². The van der Waals surface area contributed by atoms with Gasteiger partial charge in [-0.25, -0.2) is 0 Å². The van der Waals surface area contributed by atoms with Gasteiger partial charge < -0.3 is 24.6 Å². The van der Waals surface area contributed by atoms with Crippen LogP contribution in [-0.4, -0.2) is 72.4 Å². The van der Waals surface area contributed by atoms with Crippen LogP contribution in [0, 0.1) is 6.92 Å². The summed E-state index contributed by atoms with van der Waals surface area (Å²) in [5.41, 5.74) is 2.80. The third-order valence-electron chi connectivity index (χ3n) is 6.09. The van der Waals surface area contributed by atoms with Crippen LogP contribution in [0.25, 0.3) is 0 Å². The van der Waals surface area contributed by atoms with E-state index in [0.717, 1.165) is 56.1 Å². The lowest BCUT2D eigenvalue weighted by Gasteiger charge is -2.26. The number of amides is 1. The van der Waals surface area contributed by atoms with Crippen molar-refractivity contribution in [3.8, 4) is 17.2 Å². The number of aryl methyl sites for hydroxylation is 1. The summed E-state index contributed by atoms with van der Waals surface area (Å²) in [6, 6.07) is 8.72. The van der Waals surface area contributed by atoms with Gasteiger partial charge in [0.15, 0.2) is 0 Å². The lowest BCUT2D eigenvalue weighted by molar-refractivity contribution is 0.0357. The number of rotatable bonds is 9. The largest absolute Gasteiger partial charge is 0.508 e. The average Bonchev–Trinajstić information content (AvgIpc) is 2.78. The first-order chi connectivity index (χ1) is 15.8. The van der Waals surface area contributed by atoms with Gasteiger partial charge in [-0.2, -0.15) is 0 Å². The van der Waals surface area contributed by atoms with E-state index < -0.39 is 0 Å². The number of carbonyl (C=O) groups excluding carboxylic acids is 1. The number of hydrogen-bond acceptors (Lipinski definition) is 6. The molecule has 1 aliphatic rings. The van der Waals surface area contributed by atoms with Gasteiger partial charge in [0.2, 0.25) is 0 Å². The number of phenols is 2. The summed E-state index contributed by atoms with van der Waals surface area (Å²) >= 11 is 0. The second-order valence-electron chi connectivity index (χ2n) is 8.95. The standard InChI is InChI=1S/C26H36N2O5/c1-18(2)20-15-21(24(30)16-23(20)29)26(31)27(4)17-22-19(3)7-5-8-25(22)33-12-6-9-28-10-13-32-14-11-28/h5,7-8,15-16,18,29-30H,6,9-14,17H2,1-4H3. The predicted molar refractivity (Wildman–Crippen MR) is 128 cm³/mol. The maximum absolute atomic E-state index is 13.1. The minimum absolute atomic E-state index is 0.00614. The normalized spacial score (nSPS) is 14.5. The van der Waals surface area contributed by atoms with Gasteiger partial charge in [0.25, 0.3) is 5.91 Å². The van der Waals surface area contributed by atoms with Gasteiger partial charge in [0, 0.05) is 44.9 Å². The number of nitrogens with zero attached hydrogens (tertiary/aromatic N) is 2.